The van der Waals surface area contributed by atoms with Crippen LogP contribution in [-0.2, 0) is 4.74 Å². The number of nitro groups is 1. The molecule has 5 nitrogen and oxygen atoms in total. The fraction of sp³-hybridized carbons (Fsp3) is 0.462. The van der Waals surface area contributed by atoms with Crippen molar-refractivity contribution in [1.29, 1.82) is 0 Å². The Kier molecular flexibility index (Phi) is 5.30. The van der Waals surface area contributed by atoms with Gasteiger partial charge >= 0.3 is 5.97 Å². The van der Waals surface area contributed by atoms with Gasteiger partial charge < -0.3 is 4.74 Å². The molecule has 0 radical (unpaired) electrons. The SMILES string of the molecule is CC(C)CCCOC(=O)c1cccc([N+](=O)[O-])c1. The van der Waals surface area contributed by atoms with Gasteiger partial charge in [-0.05, 0) is 24.8 Å². The molecule has 18 heavy (non-hydrogen) atoms. The Labute approximate surface area is 106 Å². The zero-order valence-electron chi connectivity index (χ0n) is 10.6. The summed E-state index contributed by atoms with van der Waals surface area (Å²) in [6.45, 7) is 4.55. The number of esters is 1. The van der Waals surface area contributed by atoms with Crippen molar-refractivity contribution in [3.05, 3.63) is 39.9 Å². The highest BCUT2D eigenvalue weighted by Crippen LogP contribution is 2.14. The van der Waals surface area contributed by atoms with Crippen LogP contribution in [0.5, 0.6) is 0 Å². The standard InChI is InChI=1S/C13H17NO4/c1-10(2)5-4-8-18-13(15)11-6-3-7-12(9-11)14(16)17/h3,6-7,9-10H,4-5,8H2,1-2H3. The van der Waals surface area contributed by atoms with E-state index >= 15 is 0 Å². The van der Waals surface area contributed by atoms with E-state index in [9.17, 15) is 14.9 Å². The molecule has 0 bridgehead atoms. The molecule has 0 aromatic heterocycles. The number of nitro benzene ring substituents is 1. The van der Waals surface area contributed by atoms with Gasteiger partial charge in [-0.3, -0.25) is 10.1 Å². The lowest BCUT2D eigenvalue weighted by molar-refractivity contribution is -0.384. The summed E-state index contributed by atoms with van der Waals surface area (Å²) < 4.78 is 5.05. The number of carbonyl (C=O) groups is 1. The summed E-state index contributed by atoms with van der Waals surface area (Å²) in [4.78, 5) is 21.7. The molecule has 0 aliphatic carbocycles. The lowest BCUT2D eigenvalue weighted by Gasteiger charge is -2.06. The fourth-order valence-corrected chi connectivity index (χ4v) is 1.49. The van der Waals surface area contributed by atoms with Crippen LogP contribution < -0.4 is 0 Å². The third-order valence-electron chi connectivity index (χ3n) is 2.45. The van der Waals surface area contributed by atoms with Gasteiger partial charge in [-0.15, -0.1) is 0 Å². The number of hydrogen-bond acceptors (Lipinski definition) is 4. The van der Waals surface area contributed by atoms with Crippen LogP contribution in [0.1, 0.15) is 37.0 Å². The third kappa shape index (κ3) is 4.53. The second-order valence-corrected chi connectivity index (χ2v) is 4.48. The number of rotatable bonds is 6. The lowest BCUT2D eigenvalue weighted by Crippen LogP contribution is -2.07. The van der Waals surface area contributed by atoms with Crippen molar-refractivity contribution in [2.45, 2.75) is 26.7 Å². The maximum atomic E-state index is 11.6. The van der Waals surface area contributed by atoms with Gasteiger partial charge in [0.25, 0.3) is 5.69 Å². The van der Waals surface area contributed by atoms with E-state index in [1.54, 1.807) is 0 Å². The van der Waals surface area contributed by atoms with E-state index in [4.69, 9.17) is 4.74 Å². The number of carbonyl (C=O) groups excluding carboxylic acids is 1. The molecule has 0 fully saturated rings. The van der Waals surface area contributed by atoms with Crippen LogP contribution in [0.3, 0.4) is 0 Å². The molecule has 1 aromatic rings. The molecule has 0 N–H and O–H groups in total. The van der Waals surface area contributed by atoms with Crippen LogP contribution in [-0.4, -0.2) is 17.5 Å². The molecule has 0 aliphatic heterocycles. The van der Waals surface area contributed by atoms with Crippen molar-refractivity contribution >= 4 is 11.7 Å². The summed E-state index contributed by atoms with van der Waals surface area (Å²) in [5.74, 6) is 0.0592. The molecule has 0 atom stereocenters. The van der Waals surface area contributed by atoms with Gasteiger partial charge in [-0.2, -0.15) is 0 Å². The highest BCUT2D eigenvalue weighted by molar-refractivity contribution is 5.90. The summed E-state index contributed by atoms with van der Waals surface area (Å²) in [6, 6.07) is 5.56. The average molecular weight is 251 g/mol. The van der Waals surface area contributed by atoms with Gasteiger partial charge in [0.2, 0.25) is 0 Å². The molecule has 0 unspecified atom stereocenters. The van der Waals surface area contributed by atoms with Crippen molar-refractivity contribution in [1.82, 2.24) is 0 Å². The molecule has 5 heteroatoms. The van der Waals surface area contributed by atoms with E-state index in [1.807, 2.05) is 0 Å². The van der Waals surface area contributed by atoms with E-state index < -0.39 is 10.9 Å². The topological polar surface area (TPSA) is 69.4 Å². The molecule has 0 spiro atoms. The lowest BCUT2D eigenvalue weighted by atomic mass is 10.1. The minimum Gasteiger partial charge on any atom is -0.462 e. The summed E-state index contributed by atoms with van der Waals surface area (Å²) in [5, 5.41) is 10.6. The van der Waals surface area contributed by atoms with E-state index in [-0.39, 0.29) is 11.3 Å². The molecule has 0 saturated heterocycles. The van der Waals surface area contributed by atoms with Crippen LogP contribution in [0, 0.1) is 16.0 Å². The number of non-ortho nitro benzene ring substituents is 1. The Morgan fingerprint density at radius 2 is 2.17 bits per heavy atom. The number of benzene rings is 1. The highest BCUT2D eigenvalue weighted by atomic mass is 16.6. The van der Waals surface area contributed by atoms with Crippen LogP contribution in [0.4, 0.5) is 5.69 Å². The van der Waals surface area contributed by atoms with Crippen molar-refractivity contribution in [3.63, 3.8) is 0 Å². The monoisotopic (exact) mass is 251 g/mol. The summed E-state index contributed by atoms with van der Waals surface area (Å²) in [7, 11) is 0. The minimum atomic E-state index is -0.532. The van der Waals surface area contributed by atoms with Gasteiger partial charge in [0.1, 0.15) is 0 Å². The quantitative estimate of drug-likeness (QED) is 0.337. The Balaban J connectivity index is 2.51. The Hall–Kier alpha value is -1.91. The smallest absolute Gasteiger partial charge is 0.338 e. The van der Waals surface area contributed by atoms with Crippen LogP contribution in [0.15, 0.2) is 24.3 Å². The van der Waals surface area contributed by atoms with Gasteiger partial charge in [0.15, 0.2) is 0 Å². The first-order valence-electron chi connectivity index (χ1n) is 5.92. The minimum absolute atomic E-state index is 0.105. The van der Waals surface area contributed by atoms with Gasteiger partial charge in [-0.1, -0.05) is 19.9 Å². The van der Waals surface area contributed by atoms with Crippen LogP contribution in [0.25, 0.3) is 0 Å². The van der Waals surface area contributed by atoms with Gasteiger partial charge in [0, 0.05) is 12.1 Å². The number of ether oxygens (including phenoxy) is 1. The Morgan fingerprint density at radius 3 is 2.78 bits per heavy atom. The molecule has 98 valence electrons. The van der Waals surface area contributed by atoms with E-state index in [0.717, 1.165) is 12.8 Å². The molecular formula is C13H17NO4. The zero-order valence-corrected chi connectivity index (χ0v) is 10.6. The van der Waals surface area contributed by atoms with Crippen molar-refractivity contribution in [2.75, 3.05) is 6.61 Å². The summed E-state index contributed by atoms with van der Waals surface area (Å²) in [5.41, 5.74) is 0.111. The zero-order chi connectivity index (χ0) is 13.5. The van der Waals surface area contributed by atoms with E-state index in [0.29, 0.717) is 12.5 Å². The first-order valence-corrected chi connectivity index (χ1v) is 5.92. The van der Waals surface area contributed by atoms with Crippen molar-refractivity contribution in [2.24, 2.45) is 5.92 Å². The van der Waals surface area contributed by atoms with Gasteiger partial charge in [0.05, 0.1) is 17.1 Å². The molecule has 0 aliphatic rings. The predicted molar refractivity (Wildman–Crippen MR) is 67.5 cm³/mol. The average Bonchev–Trinajstić information content (AvgIpc) is 2.34. The number of hydrogen-bond donors (Lipinski definition) is 0. The predicted octanol–water partition coefficient (Wildman–Crippen LogP) is 3.19. The van der Waals surface area contributed by atoms with Crippen LogP contribution in [0.2, 0.25) is 0 Å². The summed E-state index contributed by atoms with van der Waals surface area (Å²) in [6.07, 6.45) is 1.79. The molecule has 1 aromatic carbocycles. The first kappa shape index (κ1) is 14.2. The summed E-state index contributed by atoms with van der Waals surface area (Å²) >= 11 is 0. The number of nitrogens with zero attached hydrogens (tertiary/aromatic N) is 1. The molecular weight excluding hydrogens is 234 g/mol. The molecule has 0 saturated carbocycles. The Morgan fingerprint density at radius 1 is 1.44 bits per heavy atom. The van der Waals surface area contributed by atoms with Gasteiger partial charge in [-0.25, -0.2) is 4.79 Å². The van der Waals surface area contributed by atoms with E-state index in [1.165, 1.54) is 24.3 Å². The van der Waals surface area contributed by atoms with Crippen molar-refractivity contribution < 1.29 is 14.5 Å². The molecule has 0 heterocycles. The van der Waals surface area contributed by atoms with Crippen LogP contribution >= 0.6 is 0 Å². The maximum Gasteiger partial charge on any atom is 0.338 e. The fourth-order valence-electron chi connectivity index (χ4n) is 1.49. The third-order valence-corrected chi connectivity index (χ3v) is 2.45. The maximum absolute atomic E-state index is 11.6. The second kappa shape index (κ2) is 6.74. The first-order chi connectivity index (χ1) is 8.50. The van der Waals surface area contributed by atoms with E-state index in [2.05, 4.69) is 13.8 Å². The van der Waals surface area contributed by atoms with Crippen molar-refractivity contribution in [3.8, 4) is 0 Å². The highest BCUT2D eigenvalue weighted by Gasteiger charge is 2.12. The largest absolute Gasteiger partial charge is 0.462 e. The normalized spacial score (nSPS) is 10.4. The molecule has 0 amide bonds. The Bertz CT molecular complexity index is 429. The molecule has 1 rings (SSSR count). The second-order valence-electron chi connectivity index (χ2n) is 4.48.